The Hall–Kier alpha value is -1.94. The number of aliphatic hydroxyl groups excluding tert-OH is 1. The molecule has 0 aromatic heterocycles. The van der Waals surface area contributed by atoms with E-state index in [1.54, 1.807) is 0 Å². The van der Waals surface area contributed by atoms with Crippen LogP contribution in [0.4, 0.5) is 0 Å². The number of hydrogen-bond donors (Lipinski definition) is 3. The molecule has 570 valence electrons. The maximum Gasteiger partial charge on any atom is 0.472 e. The molecule has 0 aromatic carbocycles. The molecule has 0 radical (unpaired) electrons. The fraction of sp³-hybridized carbons (Fsp3) is 0.948. The number of carbonyl (C=O) groups is 4. The minimum atomic E-state index is -4.96. The lowest BCUT2D eigenvalue weighted by atomic mass is 10.0. The average molecular weight is 1410 g/mol. The summed E-state index contributed by atoms with van der Waals surface area (Å²) in [6.45, 7) is 9.58. The molecule has 0 aliphatic rings. The second-order valence-corrected chi connectivity index (χ2v) is 31.6. The normalized spacial score (nSPS) is 14.0. The summed E-state index contributed by atoms with van der Waals surface area (Å²) < 4.78 is 68.4. The van der Waals surface area contributed by atoms with Gasteiger partial charge in [0, 0.05) is 25.7 Å². The van der Waals surface area contributed by atoms with Crippen molar-refractivity contribution in [3.8, 4) is 0 Å². The van der Waals surface area contributed by atoms with Gasteiger partial charge in [0.1, 0.15) is 19.3 Å². The predicted octanol–water partition coefficient (Wildman–Crippen LogP) is 22.7. The van der Waals surface area contributed by atoms with Crippen LogP contribution in [-0.4, -0.2) is 96.7 Å². The van der Waals surface area contributed by atoms with Crippen LogP contribution in [0.15, 0.2) is 0 Å². The third kappa shape index (κ3) is 70.5. The molecule has 0 rings (SSSR count). The van der Waals surface area contributed by atoms with Crippen molar-refractivity contribution < 1.29 is 80.2 Å². The van der Waals surface area contributed by atoms with Crippen molar-refractivity contribution >= 4 is 39.5 Å². The molecule has 17 nitrogen and oxygen atoms in total. The van der Waals surface area contributed by atoms with Gasteiger partial charge < -0.3 is 33.8 Å². The molecule has 2 unspecified atom stereocenters. The van der Waals surface area contributed by atoms with Crippen molar-refractivity contribution in [3.63, 3.8) is 0 Å². The molecule has 0 saturated carbocycles. The molecule has 96 heavy (non-hydrogen) atoms. The second-order valence-electron chi connectivity index (χ2n) is 28.7. The van der Waals surface area contributed by atoms with E-state index < -0.39 is 97.5 Å². The Bertz CT molecular complexity index is 1860. The van der Waals surface area contributed by atoms with E-state index >= 15 is 0 Å². The SMILES string of the molecule is CCCCCCCCCCCCCCCCCC(=O)O[C@H](COC(=O)CCCCCCC)COP(=O)(O)OC[C@H](O)COP(=O)(O)OC[C@@H](COC(=O)CCCCCCCCCCCCCCCCC(C)C)OC(=O)CCCCCCCCCCCCCCCCCCC(C)C. The Morgan fingerprint density at radius 1 is 0.281 bits per heavy atom. The summed E-state index contributed by atoms with van der Waals surface area (Å²) in [5.74, 6) is -0.516. The lowest BCUT2D eigenvalue weighted by Gasteiger charge is -2.21. The highest BCUT2D eigenvalue weighted by Crippen LogP contribution is 2.45. The van der Waals surface area contributed by atoms with Crippen LogP contribution in [0.25, 0.3) is 0 Å². The third-order valence-corrected chi connectivity index (χ3v) is 19.9. The van der Waals surface area contributed by atoms with E-state index in [1.165, 1.54) is 212 Å². The molecule has 19 heteroatoms. The van der Waals surface area contributed by atoms with Gasteiger partial charge in [-0.1, -0.05) is 350 Å². The van der Waals surface area contributed by atoms with Crippen molar-refractivity contribution in [1.82, 2.24) is 0 Å². The van der Waals surface area contributed by atoms with E-state index in [9.17, 15) is 43.2 Å². The number of phosphoric ester groups is 2. The molecule has 0 spiro atoms. The molecule has 0 aliphatic heterocycles. The molecule has 0 amide bonds. The Morgan fingerprint density at radius 3 is 0.708 bits per heavy atom. The van der Waals surface area contributed by atoms with Crippen molar-refractivity contribution in [2.45, 2.75) is 419 Å². The first kappa shape index (κ1) is 94.1. The summed E-state index contributed by atoms with van der Waals surface area (Å²) in [4.78, 5) is 72.6. The fourth-order valence-electron chi connectivity index (χ4n) is 11.8. The lowest BCUT2D eigenvalue weighted by molar-refractivity contribution is -0.161. The number of aliphatic hydroxyl groups is 1. The Balaban J connectivity index is 5.14. The summed E-state index contributed by atoms with van der Waals surface area (Å²) >= 11 is 0. The number of esters is 4. The molecule has 5 atom stereocenters. The van der Waals surface area contributed by atoms with Gasteiger partial charge in [0.05, 0.1) is 26.4 Å². The van der Waals surface area contributed by atoms with Gasteiger partial charge in [0.25, 0.3) is 0 Å². The largest absolute Gasteiger partial charge is 0.472 e. The molecule has 0 heterocycles. The highest BCUT2D eigenvalue weighted by atomic mass is 31.2. The minimum Gasteiger partial charge on any atom is -0.462 e. The highest BCUT2D eigenvalue weighted by Gasteiger charge is 2.30. The Labute approximate surface area is 588 Å². The maximum atomic E-state index is 13.1. The topological polar surface area (TPSA) is 237 Å². The van der Waals surface area contributed by atoms with E-state index in [-0.39, 0.29) is 25.7 Å². The van der Waals surface area contributed by atoms with Crippen LogP contribution in [0, 0.1) is 11.8 Å². The summed E-state index contributed by atoms with van der Waals surface area (Å²) in [6.07, 6.45) is 57.3. The zero-order valence-electron chi connectivity index (χ0n) is 62.7. The van der Waals surface area contributed by atoms with Gasteiger partial charge >= 0.3 is 39.5 Å². The number of phosphoric acid groups is 2. The molecule has 0 aromatic rings. The van der Waals surface area contributed by atoms with E-state index in [0.717, 1.165) is 108 Å². The van der Waals surface area contributed by atoms with Crippen LogP contribution in [0.3, 0.4) is 0 Å². The van der Waals surface area contributed by atoms with E-state index in [0.29, 0.717) is 25.7 Å². The smallest absolute Gasteiger partial charge is 0.462 e. The second kappa shape index (κ2) is 68.8. The molecule has 0 bridgehead atoms. The summed E-state index contributed by atoms with van der Waals surface area (Å²) in [7, 11) is -9.90. The number of hydrogen-bond acceptors (Lipinski definition) is 15. The number of carbonyl (C=O) groups excluding carboxylic acids is 4. The van der Waals surface area contributed by atoms with Crippen LogP contribution >= 0.6 is 15.6 Å². The Morgan fingerprint density at radius 2 is 0.479 bits per heavy atom. The van der Waals surface area contributed by atoms with Crippen LogP contribution in [0.1, 0.15) is 401 Å². The van der Waals surface area contributed by atoms with E-state index in [2.05, 4.69) is 41.5 Å². The predicted molar refractivity (Wildman–Crippen MR) is 391 cm³/mol. The zero-order valence-corrected chi connectivity index (χ0v) is 64.5. The first-order valence-electron chi connectivity index (χ1n) is 40.0. The number of rotatable bonds is 76. The van der Waals surface area contributed by atoms with Gasteiger partial charge in [-0.3, -0.25) is 37.3 Å². The zero-order chi connectivity index (χ0) is 70.7. The van der Waals surface area contributed by atoms with Crippen LogP contribution in [0.5, 0.6) is 0 Å². The first-order chi connectivity index (χ1) is 46.4. The molecular weight excluding hydrogens is 1260 g/mol. The fourth-order valence-corrected chi connectivity index (χ4v) is 13.4. The molecule has 0 saturated heterocycles. The van der Waals surface area contributed by atoms with Crippen molar-refractivity contribution in [2.24, 2.45) is 11.8 Å². The third-order valence-electron chi connectivity index (χ3n) is 18.0. The van der Waals surface area contributed by atoms with Crippen molar-refractivity contribution in [2.75, 3.05) is 39.6 Å². The minimum absolute atomic E-state index is 0.107. The monoisotopic (exact) mass is 1410 g/mol. The van der Waals surface area contributed by atoms with E-state index in [1.807, 2.05) is 0 Å². The summed E-state index contributed by atoms with van der Waals surface area (Å²) in [5.41, 5.74) is 0. The Kier molecular flexibility index (Phi) is 67.4. The number of unbranched alkanes of at least 4 members (excludes halogenated alkanes) is 46. The van der Waals surface area contributed by atoms with Gasteiger partial charge in [-0.15, -0.1) is 0 Å². The van der Waals surface area contributed by atoms with Crippen LogP contribution in [-0.2, 0) is 65.4 Å². The molecule has 0 fully saturated rings. The van der Waals surface area contributed by atoms with Gasteiger partial charge in [0.2, 0.25) is 0 Å². The van der Waals surface area contributed by atoms with Gasteiger partial charge in [-0.05, 0) is 37.5 Å². The number of ether oxygens (including phenoxy) is 4. The van der Waals surface area contributed by atoms with Crippen molar-refractivity contribution in [3.05, 3.63) is 0 Å². The van der Waals surface area contributed by atoms with Gasteiger partial charge in [0.15, 0.2) is 12.2 Å². The maximum absolute atomic E-state index is 13.1. The summed E-state index contributed by atoms with van der Waals surface area (Å²) in [5, 5.41) is 10.6. The van der Waals surface area contributed by atoms with Crippen LogP contribution in [0.2, 0.25) is 0 Å². The van der Waals surface area contributed by atoms with Gasteiger partial charge in [-0.25, -0.2) is 9.13 Å². The molecular formula is C77H150O17P2. The lowest BCUT2D eigenvalue weighted by Crippen LogP contribution is -2.30. The average Bonchev–Trinajstić information content (AvgIpc) is 1.49. The quantitative estimate of drug-likeness (QED) is 0.0222. The molecule has 3 N–H and O–H groups in total. The first-order valence-corrected chi connectivity index (χ1v) is 43.0. The highest BCUT2D eigenvalue weighted by molar-refractivity contribution is 7.47. The standard InChI is InChI=1S/C77H150O17P2/c1-7-9-11-13-14-15-16-17-20-28-33-38-43-49-55-61-76(81)93-72(65-87-74(79)59-53-45-12-10-8-2)67-91-95(83,84)89-63-71(78)64-90-96(85,86)92-68-73(66-88-75(80)60-54-48-42-37-32-27-24-23-26-31-36-41-47-52-58-70(5)6)94-77(82)62-56-50-44-39-34-29-22-19-18-21-25-30-35-40-46-51-57-69(3)4/h69-73,78H,7-68H2,1-6H3,(H,83,84)(H,85,86)/t71-,72+,73+/m0/s1. The van der Waals surface area contributed by atoms with Crippen LogP contribution < -0.4 is 0 Å². The molecule has 0 aliphatic carbocycles. The summed E-state index contributed by atoms with van der Waals surface area (Å²) in [6, 6.07) is 0. The van der Waals surface area contributed by atoms with Crippen molar-refractivity contribution in [1.29, 1.82) is 0 Å². The van der Waals surface area contributed by atoms with E-state index in [4.69, 9.17) is 37.0 Å². The van der Waals surface area contributed by atoms with Gasteiger partial charge in [-0.2, -0.15) is 0 Å².